The van der Waals surface area contributed by atoms with Crippen LogP contribution in [0.2, 0.25) is 0 Å². The second-order valence-electron chi connectivity index (χ2n) is 5.76. The molecule has 0 fully saturated rings. The Hall–Kier alpha value is -1.65. The van der Waals surface area contributed by atoms with Gasteiger partial charge >= 0.3 is 0 Å². The van der Waals surface area contributed by atoms with E-state index in [1.165, 1.54) is 16.8 Å². The molecule has 106 valence electrons. The molecule has 4 heteroatoms. The zero-order valence-electron chi connectivity index (χ0n) is 12.3. The highest BCUT2D eigenvalue weighted by atomic mass is 15.3. The molecule has 3 atom stereocenters. The Balaban J connectivity index is 1.73. The molecule has 1 unspecified atom stereocenters. The number of nitrogens with two attached hydrogens (primary N) is 1. The molecule has 1 heterocycles. The van der Waals surface area contributed by atoms with Crippen LogP contribution >= 0.6 is 0 Å². The second kappa shape index (κ2) is 5.04. The van der Waals surface area contributed by atoms with Gasteiger partial charge in [0.25, 0.3) is 0 Å². The highest BCUT2D eigenvalue weighted by molar-refractivity contribution is 5.37. The van der Waals surface area contributed by atoms with E-state index in [9.17, 15) is 0 Å². The number of nitrogens with zero attached hydrogens (tertiary/aromatic N) is 2. The topological polar surface area (TPSA) is 55.9 Å². The summed E-state index contributed by atoms with van der Waals surface area (Å²) in [5, 5.41) is 8.17. The van der Waals surface area contributed by atoms with Crippen LogP contribution in [-0.4, -0.2) is 15.8 Å². The quantitative estimate of drug-likeness (QED) is 0.897. The Kier molecular flexibility index (Phi) is 3.36. The van der Waals surface area contributed by atoms with E-state index in [1.807, 2.05) is 11.7 Å². The van der Waals surface area contributed by atoms with Gasteiger partial charge in [0, 0.05) is 30.9 Å². The fourth-order valence-electron chi connectivity index (χ4n) is 2.99. The molecular formula is C16H22N4. The van der Waals surface area contributed by atoms with E-state index in [-0.39, 0.29) is 18.1 Å². The second-order valence-corrected chi connectivity index (χ2v) is 5.76. The van der Waals surface area contributed by atoms with Crippen molar-refractivity contribution in [2.24, 2.45) is 12.8 Å². The van der Waals surface area contributed by atoms with Crippen LogP contribution in [0.15, 0.2) is 30.3 Å². The molecule has 3 N–H and O–H groups in total. The SMILES string of the molecule is Cc1cc(C(C)N[C@@H]2Cc3ccccc3[C@H]2N)nn1C. The molecule has 1 aromatic carbocycles. The number of aryl methyl sites for hydroxylation is 2. The van der Waals surface area contributed by atoms with Crippen molar-refractivity contribution in [2.45, 2.75) is 38.4 Å². The van der Waals surface area contributed by atoms with Crippen molar-refractivity contribution >= 4 is 0 Å². The van der Waals surface area contributed by atoms with Crippen LogP contribution in [0.25, 0.3) is 0 Å². The highest BCUT2D eigenvalue weighted by Crippen LogP contribution is 2.30. The molecule has 0 radical (unpaired) electrons. The Morgan fingerprint density at radius 1 is 1.40 bits per heavy atom. The average molecular weight is 270 g/mol. The third-order valence-electron chi connectivity index (χ3n) is 4.33. The van der Waals surface area contributed by atoms with Gasteiger partial charge in [0.05, 0.1) is 5.69 Å². The third-order valence-corrected chi connectivity index (χ3v) is 4.33. The minimum absolute atomic E-state index is 0.0680. The van der Waals surface area contributed by atoms with Crippen molar-refractivity contribution in [3.05, 3.63) is 52.8 Å². The van der Waals surface area contributed by atoms with E-state index in [1.54, 1.807) is 0 Å². The number of benzene rings is 1. The molecular weight excluding hydrogens is 248 g/mol. The van der Waals surface area contributed by atoms with Crippen LogP contribution in [0.5, 0.6) is 0 Å². The van der Waals surface area contributed by atoms with Crippen molar-refractivity contribution in [2.75, 3.05) is 0 Å². The zero-order valence-corrected chi connectivity index (χ0v) is 12.3. The molecule has 1 aromatic heterocycles. The van der Waals surface area contributed by atoms with E-state index in [4.69, 9.17) is 5.73 Å². The molecule has 0 bridgehead atoms. The Bertz CT molecular complexity index is 597. The van der Waals surface area contributed by atoms with Gasteiger partial charge in [0.15, 0.2) is 0 Å². The summed E-state index contributed by atoms with van der Waals surface area (Å²) in [6.45, 7) is 4.22. The summed E-state index contributed by atoms with van der Waals surface area (Å²) >= 11 is 0. The lowest BCUT2D eigenvalue weighted by Gasteiger charge is -2.22. The highest BCUT2D eigenvalue weighted by Gasteiger charge is 2.30. The molecule has 3 rings (SSSR count). The van der Waals surface area contributed by atoms with Gasteiger partial charge in [-0.15, -0.1) is 0 Å². The van der Waals surface area contributed by atoms with Gasteiger partial charge in [-0.3, -0.25) is 4.68 Å². The van der Waals surface area contributed by atoms with E-state index in [0.717, 1.165) is 12.1 Å². The van der Waals surface area contributed by atoms with Gasteiger partial charge < -0.3 is 11.1 Å². The molecule has 0 saturated carbocycles. The first-order valence-electron chi connectivity index (χ1n) is 7.16. The van der Waals surface area contributed by atoms with Crippen molar-refractivity contribution in [1.29, 1.82) is 0 Å². The van der Waals surface area contributed by atoms with E-state index in [2.05, 4.69) is 54.6 Å². The van der Waals surface area contributed by atoms with E-state index >= 15 is 0 Å². The summed E-state index contributed by atoms with van der Waals surface area (Å²) in [5.41, 5.74) is 11.3. The van der Waals surface area contributed by atoms with Crippen LogP contribution in [0, 0.1) is 6.92 Å². The van der Waals surface area contributed by atoms with Gasteiger partial charge in [-0.25, -0.2) is 0 Å². The normalized spacial score (nSPS) is 22.8. The summed E-state index contributed by atoms with van der Waals surface area (Å²) in [5.74, 6) is 0. The average Bonchev–Trinajstić information content (AvgIpc) is 2.92. The lowest BCUT2D eigenvalue weighted by Crippen LogP contribution is -2.38. The number of hydrogen-bond acceptors (Lipinski definition) is 3. The Morgan fingerprint density at radius 3 is 2.80 bits per heavy atom. The van der Waals surface area contributed by atoms with Gasteiger partial charge in [-0.05, 0) is 37.5 Å². The minimum atomic E-state index is 0.0680. The van der Waals surface area contributed by atoms with Crippen molar-refractivity contribution in [3.8, 4) is 0 Å². The minimum Gasteiger partial charge on any atom is -0.323 e. The Morgan fingerprint density at radius 2 is 2.15 bits per heavy atom. The molecule has 0 aliphatic heterocycles. The predicted molar refractivity (Wildman–Crippen MR) is 80.4 cm³/mol. The lowest BCUT2D eigenvalue weighted by atomic mass is 10.1. The first-order chi connectivity index (χ1) is 9.56. The summed E-state index contributed by atoms with van der Waals surface area (Å²) in [4.78, 5) is 0. The first kappa shape index (κ1) is 13.3. The van der Waals surface area contributed by atoms with Crippen LogP contribution < -0.4 is 11.1 Å². The predicted octanol–water partition coefficient (Wildman–Crippen LogP) is 2.00. The van der Waals surface area contributed by atoms with E-state index < -0.39 is 0 Å². The van der Waals surface area contributed by atoms with Crippen LogP contribution in [-0.2, 0) is 13.5 Å². The standard InChI is InChI=1S/C16H22N4/c1-10-8-14(19-20(10)3)11(2)18-15-9-12-6-4-5-7-13(12)16(15)17/h4-8,11,15-16,18H,9,17H2,1-3H3/t11?,15-,16-/m1/s1. The van der Waals surface area contributed by atoms with Crippen molar-refractivity contribution in [3.63, 3.8) is 0 Å². The fourth-order valence-corrected chi connectivity index (χ4v) is 2.99. The number of hydrogen-bond donors (Lipinski definition) is 2. The third kappa shape index (κ3) is 2.25. The van der Waals surface area contributed by atoms with Crippen molar-refractivity contribution < 1.29 is 0 Å². The van der Waals surface area contributed by atoms with Crippen LogP contribution in [0.4, 0.5) is 0 Å². The van der Waals surface area contributed by atoms with Gasteiger partial charge in [-0.1, -0.05) is 24.3 Å². The summed E-state index contributed by atoms with van der Waals surface area (Å²) in [6, 6.07) is 11.1. The van der Waals surface area contributed by atoms with Gasteiger partial charge in [0.2, 0.25) is 0 Å². The molecule has 0 saturated heterocycles. The van der Waals surface area contributed by atoms with Gasteiger partial charge in [-0.2, -0.15) is 5.10 Å². The van der Waals surface area contributed by atoms with Gasteiger partial charge in [0.1, 0.15) is 0 Å². The van der Waals surface area contributed by atoms with Crippen LogP contribution in [0.3, 0.4) is 0 Å². The largest absolute Gasteiger partial charge is 0.323 e. The zero-order chi connectivity index (χ0) is 14.3. The molecule has 0 amide bonds. The lowest BCUT2D eigenvalue weighted by molar-refractivity contribution is 0.411. The molecule has 1 aliphatic rings. The van der Waals surface area contributed by atoms with E-state index in [0.29, 0.717) is 0 Å². The molecule has 20 heavy (non-hydrogen) atoms. The summed E-state index contributed by atoms with van der Waals surface area (Å²) < 4.78 is 1.91. The van der Waals surface area contributed by atoms with Crippen molar-refractivity contribution in [1.82, 2.24) is 15.1 Å². The monoisotopic (exact) mass is 270 g/mol. The summed E-state index contributed by atoms with van der Waals surface area (Å²) in [6.07, 6.45) is 0.994. The maximum Gasteiger partial charge on any atom is 0.0793 e. The number of nitrogens with one attached hydrogen (secondary N) is 1. The summed E-state index contributed by atoms with van der Waals surface area (Å²) in [7, 11) is 1.97. The molecule has 2 aromatic rings. The number of rotatable bonds is 3. The smallest absolute Gasteiger partial charge is 0.0793 e. The number of aromatic nitrogens is 2. The fraction of sp³-hybridized carbons (Fsp3) is 0.438. The maximum atomic E-state index is 6.36. The molecule has 0 spiro atoms. The Labute approximate surface area is 120 Å². The van der Waals surface area contributed by atoms with Crippen LogP contribution in [0.1, 0.15) is 41.5 Å². The molecule has 1 aliphatic carbocycles. The number of fused-ring (bicyclic) bond motifs is 1. The first-order valence-corrected chi connectivity index (χ1v) is 7.16. The molecule has 4 nitrogen and oxygen atoms in total. The maximum absolute atomic E-state index is 6.36.